The quantitative estimate of drug-likeness (QED) is 0.724. The van der Waals surface area contributed by atoms with Crippen LogP contribution in [0.25, 0.3) is 16.2 Å². The van der Waals surface area contributed by atoms with Crippen LogP contribution in [0.15, 0.2) is 6.20 Å². The molecule has 5 heteroatoms. The molecule has 4 nitrogen and oxygen atoms in total. The molecule has 0 aliphatic heterocycles. The van der Waals surface area contributed by atoms with Gasteiger partial charge in [-0.3, -0.25) is 9.08 Å². The van der Waals surface area contributed by atoms with Crippen molar-refractivity contribution in [3.63, 3.8) is 0 Å². The van der Waals surface area contributed by atoms with E-state index in [1.54, 1.807) is 0 Å². The van der Waals surface area contributed by atoms with E-state index in [0.717, 1.165) is 22.9 Å². The highest BCUT2D eigenvalue weighted by molar-refractivity contribution is 7.17. The fourth-order valence-electron chi connectivity index (χ4n) is 3.30. The molecule has 0 bridgehead atoms. The normalized spacial score (nSPS) is 14.3. The number of aryl methyl sites for hydroxylation is 4. The third-order valence-electron chi connectivity index (χ3n) is 4.26. The summed E-state index contributed by atoms with van der Waals surface area (Å²) >= 11 is 1.85. The van der Waals surface area contributed by atoms with Crippen molar-refractivity contribution in [3.05, 3.63) is 28.2 Å². The molecule has 0 unspecified atom stereocenters. The SMILES string of the molecule is CCn1nc(C)c(-c2cn3c4c(sc3n2)CCC4)c1C. The van der Waals surface area contributed by atoms with Crippen molar-refractivity contribution >= 4 is 16.3 Å². The summed E-state index contributed by atoms with van der Waals surface area (Å²) in [4.78, 5) is 7.50. The van der Waals surface area contributed by atoms with Gasteiger partial charge in [-0.05, 0) is 40.0 Å². The van der Waals surface area contributed by atoms with E-state index >= 15 is 0 Å². The summed E-state index contributed by atoms with van der Waals surface area (Å²) in [6.45, 7) is 7.25. The summed E-state index contributed by atoms with van der Waals surface area (Å²) in [5.74, 6) is 0. The second-order valence-electron chi connectivity index (χ2n) is 5.47. The zero-order valence-electron chi connectivity index (χ0n) is 12.1. The lowest BCUT2D eigenvalue weighted by atomic mass is 10.1. The Hall–Kier alpha value is -1.62. The van der Waals surface area contributed by atoms with Crippen LogP contribution in [0.1, 0.15) is 35.3 Å². The monoisotopic (exact) mass is 286 g/mol. The van der Waals surface area contributed by atoms with Crippen molar-refractivity contribution in [1.82, 2.24) is 19.2 Å². The Bertz CT molecular complexity index is 806. The molecule has 3 aromatic heterocycles. The highest BCUT2D eigenvalue weighted by atomic mass is 32.1. The number of aromatic nitrogens is 4. The summed E-state index contributed by atoms with van der Waals surface area (Å²) in [6, 6.07) is 0. The van der Waals surface area contributed by atoms with Crippen molar-refractivity contribution in [3.8, 4) is 11.3 Å². The fourth-order valence-corrected chi connectivity index (χ4v) is 4.49. The second-order valence-corrected chi connectivity index (χ2v) is 6.53. The van der Waals surface area contributed by atoms with Gasteiger partial charge in [-0.2, -0.15) is 5.10 Å². The summed E-state index contributed by atoms with van der Waals surface area (Å²) in [5.41, 5.74) is 6.04. The Morgan fingerprint density at radius 3 is 2.90 bits per heavy atom. The van der Waals surface area contributed by atoms with Crippen molar-refractivity contribution < 1.29 is 0 Å². The molecule has 0 amide bonds. The van der Waals surface area contributed by atoms with Crippen molar-refractivity contribution in [2.24, 2.45) is 0 Å². The lowest BCUT2D eigenvalue weighted by Gasteiger charge is -1.99. The molecule has 0 fully saturated rings. The van der Waals surface area contributed by atoms with E-state index in [-0.39, 0.29) is 0 Å². The second kappa shape index (κ2) is 4.19. The van der Waals surface area contributed by atoms with Gasteiger partial charge >= 0.3 is 0 Å². The van der Waals surface area contributed by atoms with Gasteiger partial charge in [0.25, 0.3) is 0 Å². The van der Waals surface area contributed by atoms with Gasteiger partial charge < -0.3 is 0 Å². The predicted octanol–water partition coefficient (Wildman–Crippen LogP) is 3.38. The number of hydrogen-bond acceptors (Lipinski definition) is 3. The van der Waals surface area contributed by atoms with Crippen molar-refractivity contribution in [1.29, 1.82) is 0 Å². The van der Waals surface area contributed by atoms with E-state index in [1.807, 2.05) is 11.3 Å². The smallest absolute Gasteiger partial charge is 0.194 e. The number of hydrogen-bond donors (Lipinski definition) is 0. The molecule has 0 spiro atoms. The zero-order valence-corrected chi connectivity index (χ0v) is 12.9. The lowest BCUT2D eigenvalue weighted by molar-refractivity contribution is 0.634. The first-order valence-electron chi connectivity index (χ1n) is 7.23. The van der Waals surface area contributed by atoms with Crippen LogP contribution >= 0.6 is 11.3 Å². The average Bonchev–Trinajstić information content (AvgIpc) is 3.11. The number of rotatable bonds is 2. The average molecular weight is 286 g/mol. The van der Waals surface area contributed by atoms with Gasteiger partial charge in [0.1, 0.15) is 0 Å². The van der Waals surface area contributed by atoms with Crippen LogP contribution in [-0.4, -0.2) is 19.2 Å². The number of nitrogens with zero attached hydrogens (tertiary/aromatic N) is 4. The molecule has 3 heterocycles. The molecule has 104 valence electrons. The molecule has 0 saturated carbocycles. The summed E-state index contributed by atoms with van der Waals surface area (Å²) in [7, 11) is 0. The van der Waals surface area contributed by atoms with Gasteiger partial charge in [0.2, 0.25) is 0 Å². The van der Waals surface area contributed by atoms with E-state index in [1.165, 1.54) is 41.1 Å². The maximum Gasteiger partial charge on any atom is 0.194 e. The molecular weight excluding hydrogens is 268 g/mol. The lowest BCUT2D eigenvalue weighted by Crippen LogP contribution is -1.98. The maximum atomic E-state index is 4.84. The van der Waals surface area contributed by atoms with Crippen LogP contribution in [0.3, 0.4) is 0 Å². The van der Waals surface area contributed by atoms with E-state index in [9.17, 15) is 0 Å². The molecule has 0 N–H and O–H groups in total. The number of fused-ring (bicyclic) bond motifs is 3. The standard InChI is InChI=1S/C15H18N4S/c1-4-19-10(3)14(9(2)17-19)11-8-18-12-6-5-7-13(12)20-15(18)16-11/h8H,4-7H2,1-3H3. The highest BCUT2D eigenvalue weighted by Crippen LogP contribution is 2.34. The minimum Gasteiger partial charge on any atom is -0.294 e. The molecule has 0 aromatic carbocycles. The van der Waals surface area contributed by atoms with Crippen molar-refractivity contribution in [2.45, 2.75) is 46.6 Å². The molecule has 0 radical (unpaired) electrons. The van der Waals surface area contributed by atoms with Gasteiger partial charge in [-0.25, -0.2) is 4.98 Å². The number of imidazole rings is 1. The minimum atomic E-state index is 0.907. The van der Waals surface area contributed by atoms with Crippen LogP contribution < -0.4 is 0 Å². The van der Waals surface area contributed by atoms with Gasteiger partial charge in [0.05, 0.1) is 11.4 Å². The van der Waals surface area contributed by atoms with E-state index in [0.29, 0.717) is 0 Å². The van der Waals surface area contributed by atoms with Gasteiger partial charge in [0, 0.05) is 34.6 Å². The topological polar surface area (TPSA) is 35.1 Å². The summed E-state index contributed by atoms with van der Waals surface area (Å²) in [6.07, 6.45) is 5.91. The van der Waals surface area contributed by atoms with Crippen LogP contribution in [0.5, 0.6) is 0 Å². The summed E-state index contributed by atoms with van der Waals surface area (Å²) < 4.78 is 4.35. The molecule has 20 heavy (non-hydrogen) atoms. The molecular formula is C15H18N4S. The largest absolute Gasteiger partial charge is 0.294 e. The van der Waals surface area contributed by atoms with Crippen LogP contribution in [0, 0.1) is 13.8 Å². The fraction of sp³-hybridized carbons (Fsp3) is 0.467. The molecule has 1 aliphatic carbocycles. The Labute approximate surface area is 122 Å². The van der Waals surface area contributed by atoms with Gasteiger partial charge in [0.15, 0.2) is 4.96 Å². The highest BCUT2D eigenvalue weighted by Gasteiger charge is 2.21. The third kappa shape index (κ3) is 1.53. The Morgan fingerprint density at radius 2 is 2.15 bits per heavy atom. The van der Waals surface area contributed by atoms with Gasteiger partial charge in [-0.1, -0.05) is 0 Å². The predicted molar refractivity (Wildman–Crippen MR) is 81.5 cm³/mol. The number of thiazole rings is 1. The zero-order chi connectivity index (χ0) is 13.9. The Balaban J connectivity index is 1.91. The van der Waals surface area contributed by atoms with E-state index in [2.05, 4.69) is 41.1 Å². The van der Waals surface area contributed by atoms with Crippen molar-refractivity contribution in [2.75, 3.05) is 0 Å². The first kappa shape index (κ1) is 12.1. The molecule has 4 rings (SSSR count). The van der Waals surface area contributed by atoms with E-state index < -0.39 is 0 Å². The minimum absolute atomic E-state index is 0.907. The van der Waals surface area contributed by atoms with Crippen LogP contribution in [-0.2, 0) is 19.4 Å². The van der Waals surface area contributed by atoms with Crippen LogP contribution in [0.2, 0.25) is 0 Å². The first-order valence-corrected chi connectivity index (χ1v) is 8.04. The molecule has 0 saturated heterocycles. The van der Waals surface area contributed by atoms with Crippen LogP contribution in [0.4, 0.5) is 0 Å². The molecule has 0 atom stereocenters. The van der Waals surface area contributed by atoms with E-state index in [4.69, 9.17) is 4.98 Å². The maximum absolute atomic E-state index is 4.84. The summed E-state index contributed by atoms with van der Waals surface area (Å²) in [5, 5.41) is 4.60. The molecule has 1 aliphatic rings. The first-order chi connectivity index (χ1) is 9.69. The molecule has 3 aromatic rings. The van der Waals surface area contributed by atoms with Gasteiger partial charge in [-0.15, -0.1) is 11.3 Å². The Kier molecular flexibility index (Phi) is 2.54. The third-order valence-corrected chi connectivity index (χ3v) is 5.41. The Morgan fingerprint density at radius 1 is 1.30 bits per heavy atom.